The number of carbonyl (C=O) groups excluding carboxylic acids is 3. The Morgan fingerprint density at radius 2 is 1.88 bits per heavy atom. The van der Waals surface area contributed by atoms with E-state index in [1.807, 2.05) is 36.4 Å². The Morgan fingerprint density at radius 1 is 1.06 bits per heavy atom. The van der Waals surface area contributed by atoms with Gasteiger partial charge in [-0.25, -0.2) is 4.79 Å². The predicted octanol–water partition coefficient (Wildman–Crippen LogP) is 5.24. The zero-order valence-electron chi connectivity index (χ0n) is 17.9. The number of hydrogen-bond donors (Lipinski definition) is 0. The molecule has 4 rings (SSSR count). The largest absolute Gasteiger partial charge is 0.492 e. The summed E-state index contributed by atoms with van der Waals surface area (Å²) in [6.45, 7) is 2.40. The van der Waals surface area contributed by atoms with E-state index >= 15 is 0 Å². The highest BCUT2D eigenvalue weighted by atomic mass is 32.2. The minimum Gasteiger partial charge on any atom is -0.492 e. The molecule has 33 heavy (non-hydrogen) atoms. The van der Waals surface area contributed by atoms with Crippen molar-refractivity contribution >= 4 is 35.0 Å². The number of para-hydroxylation sites is 1. The summed E-state index contributed by atoms with van der Waals surface area (Å²) in [6, 6.07) is 19.6. The van der Waals surface area contributed by atoms with Gasteiger partial charge in [0, 0.05) is 11.6 Å². The van der Waals surface area contributed by atoms with Crippen molar-refractivity contribution < 1.29 is 28.3 Å². The highest BCUT2D eigenvalue weighted by molar-refractivity contribution is 8.18. The summed E-state index contributed by atoms with van der Waals surface area (Å²) >= 11 is 0.862. The van der Waals surface area contributed by atoms with Gasteiger partial charge in [0.15, 0.2) is 0 Å². The van der Waals surface area contributed by atoms with Gasteiger partial charge in [0.25, 0.3) is 11.1 Å². The zero-order valence-corrected chi connectivity index (χ0v) is 18.7. The van der Waals surface area contributed by atoms with Crippen molar-refractivity contribution in [1.29, 1.82) is 0 Å². The Morgan fingerprint density at radius 3 is 2.67 bits per heavy atom. The van der Waals surface area contributed by atoms with Gasteiger partial charge in [0.05, 0.1) is 23.6 Å². The second-order valence-corrected chi connectivity index (χ2v) is 7.99. The van der Waals surface area contributed by atoms with Gasteiger partial charge in [-0.05, 0) is 55.1 Å². The van der Waals surface area contributed by atoms with E-state index in [0.717, 1.165) is 16.7 Å². The molecule has 1 saturated heterocycles. The van der Waals surface area contributed by atoms with E-state index in [-0.39, 0.29) is 29.2 Å². The smallest absolute Gasteiger partial charge is 0.338 e. The number of imide groups is 1. The second kappa shape index (κ2) is 10.2. The first kappa shape index (κ1) is 22.4. The van der Waals surface area contributed by atoms with Crippen LogP contribution in [0, 0.1) is 0 Å². The van der Waals surface area contributed by atoms with E-state index in [2.05, 4.69) is 0 Å². The van der Waals surface area contributed by atoms with E-state index in [1.54, 1.807) is 43.3 Å². The van der Waals surface area contributed by atoms with Gasteiger partial charge >= 0.3 is 5.97 Å². The average molecular weight is 464 g/mol. The van der Waals surface area contributed by atoms with Crippen molar-refractivity contribution in [3.63, 3.8) is 0 Å². The molecule has 0 saturated carbocycles. The molecule has 3 aromatic rings. The zero-order chi connectivity index (χ0) is 23.2. The van der Waals surface area contributed by atoms with E-state index in [9.17, 15) is 14.4 Å². The van der Waals surface area contributed by atoms with Gasteiger partial charge in [-0.2, -0.15) is 0 Å². The molecule has 8 heteroatoms. The van der Waals surface area contributed by atoms with Crippen LogP contribution in [0.5, 0.6) is 5.75 Å². The lowest BCUT2D eigenvalue weighted by atomic mass is 10.1. The number of nitrogens with zero attached hydrogens (tertiary/aromatic N) is 1. The van der Waals surface area contributed by atoms with Crippen LogP contribution in [0.2, 0.25) is 0 Å². The van der Waals surface area contributed by atoms with Crippen molar-refractivity contribution in [3.8, 4) is 17.1 Å². The molecule has 0 aliphatic carbocycles. The molecule has 1 aromatic heterocycles. The Bertz CT molecular complexity index is 1200. The van der Waals surface area contributed by atoms with Crippen LogP contribution in [0.1, 0.15) is 23.0 Å². The average Bonchev–Trinajstić information content (AvgIpc) is 3.40. The molecule has 168 valence electrons. The number of carbonyl (C=O) groups is 3. The van der Waals surface area contributed by atoms with Crippen LogP contribution >= 0.6 is 11.8 Å². The molecule has 0 unspecified atom stereocenters. The maximum atomic E-state index is 12.7. The number of hydrogen-bond acceptors (Lipinski definition) is 7. The predicted molar refractivity (Wildman–Crippen MR) is 125 cm³/mol. The molecule has 0 bridgehead atoms. The monoisotopic (exact) mass is 463 g/mol. The fourth-order valence-corrected chi connectivity index (χ4v) is 4.04. The van der Waals surface area contributed by atoms with Crippen LogP contribution < -0.4 is 4.74 Å². The van der Waals surface area contributed by atoms with Crippen LogP contribution in [-0.4, -0.2) is 41.8 Å². The summed E-state index contributed by atoms with van der Waals surface area (Å²) in [5, 5.41) is -0.350. The summed E-state index contributed by atoms with van der Waals surface area (Å²) in [5.41, 5.74) is 1.12. The Balaban J connectivity index is 1.42. The fraction of sp³-hybridized carbons (Fsp3) is 0.160. The number of thioether (sulfide) groups is 1. The highest BCUT2D eigenvalue weighted by Gasteiger charge is 2.35. The summed E-state index contributed by atoms with van der Waals surface area (Å²) in [7, 11) is 0. The number of esters is 1. The van der Waals surface area contributed by atoms with E-state index in [0.29, 0.717) is 35.0 Å². The van der Waals surface area contributed by atoms with Gasteiger partial charge in [-0.3, -0.25) is 14.5 Å². The molecular weight excluding hydrogens is 442 g/mol. The molecule has 2 heterocycles. The number of amides is 2. The molecule has 1 aliphatic rings. The maximum Gasteiger partial charge on any atom is 0.338 e. The highest BCUT2D eigenvalue weighted by Crippen LogP contribution is 2.33. The molecule has 2 amide bonds. The first-order valence-electron chi connectivity index (χ1n) is 10.4. The molecule has 2 aromatic carbocycles. The lowest BCUT2D eigenvalue weighted by molar-refractivity contribution is -0.123. The third-order valence-corrected chi connectivity index (χ3v) is 5.67. The molecule has 0 atom stereocenters. The Hall–Kier alpha value is -3.78. The Labute approximate surface area is 195 Å². The van der Waals surface area contributed by atoms with Gasteiger partial charge in [0.2, 0.25) is 0 Å². The SMILES string of the molecule is CCOC(=O)c1cccc(-c2ccc(/C=C3\SC(=O)N(CCOc4ccccc4)C3=O)o2)c1. The van der Waals surface area contributed by atoms with Crippen LogP contribution in [0.3, 0.4) is 0 Å². The Kier molecular flexibility index (Phi) is 6.95. The van der Waals surface area contributed by atoms with E-state index in [4.69, 9.17) is 13.9 Å². The van der Waals surface area contributed by atoms with Crippen molar-refractivity contribution in [2.45, 2.75) is 6.92 Å². The minimum absolute atomic E-state index is 0.154. The number of furan rings is 1. The molecule has 0 radical (unpaired) electrons. The van der Waals surface area contributed by atoms with Crippen LogP contribution in [0.25, 0.3) is 17.4 Å². The van der Waals surface area contributed by atoms with E-state index < -0.39 is 5.97 Å². The van der Waals surface area contributed by atoms with Crippen molar-refractivity contribution in [2.75, 3.05) is 19.8 Å². The van der Waals surface area contributed by atoms with Gasteiger partial charge in [0.1, 0.15) is 23.9 Å². The summed E-state index contributed by atoms with van der Waals surface area (Å²) in [5.74, 6) is 0.843. The molecule has 0 spiro atoms. The van der Waals surface area contributed by atoms with Gasteiger partial charge in [-0.15, -0.1) is 0 Å². The maximum absolute atomic E-state index is 12.7. The van der Waals surface area contributed by atoms with Crippen LogP contribution in [0.4, 0.5) is 4.79 Å². The minimum atomic E-state index is -0.406. The number of benzene rings is 2. The summed E-state index contributed by atoms with van der Waals surface area (Å²) in [4.78, 5) is 38.4. The van der Waals surface area contributed by atoms with Crippen molar-refractivity contribution in [2.24, 2.45) is 0 Å². The van der Waals surface area contributed by atoms with Crippen LogP contribution in [0.15, 0.2) is 76.1 Å². The molecule has 7 nitrogen and oxygen atoms in total. The van der Waals surface area contributed by atoms with Gasteiger partial charge < -0.3 is 13.9 Å². The molecule has 1 aliphatic heterocycles. The van der Waals surface area contributed by atoms with Crippen molar-refractivity contribution in [1.82, 2.24) is 4.90 Å². The first-order chi connectivity index (χ1) is 16.0. The van der Waals surface area contributed by atoms with Crippen molar-refractivity contribution in [3.05, 3.63) is 83.0 Å². The van der Waals surface area contributed by atoms with E-state index in [1.165, 1.54) is 0 Å². The lowest BCUT2D eigenvalue weighted by Gasteiger charge is -2.13. The first-order valence-corrected chi connectivity index (χ1v) is 11.2. The molecule has 1 fully saturated rings. The lowest BCUT2D eigenvalue weighted by Crippen LogP contribution is -2.32. The number of ether oxygens (including phenoxy) is 2. The molecule has 0 N–H and O–H groups in total. The van der Waals surface area contributed by atoms with Crippen LogP contribution in [-0.2, 0) is 9.53 Å². The number of rotatable bonds is 8. The summed E-state index contributed by atoms with van der Waals surface area (Å²) < 4.78 is 16.5. The second-order valence-electron chi connectivity index (χ2n) is 7.00. The fourth-order valence-electron chi connectivity index (χ4n) is 3.19. The van der Waals surface area contributed by atoms with Gasteiger partial charge in [-0.1, -0.05) is 30.3 Å². The topological polar surface area (TPSA) is 86.0 Å². The quantitative estimate of drug-likeness (QED) is 0.334. The standard InChI is InChI=1S/C25H21NO6S/c1-2-30-24(28)18-8-6-7-17(15-18)21-12-11-20(32-21)16-22-23(27)26(25(29)33-22)13-14-31-19-9-4-3-5-10-19/h3-12,15-16H,2,13-14H2,1H3/b22-16-. The normalized spacial score (nSPS) is 14.7. The molecular formula is C25H21NO6S. The summed E-state index contributed by atoms with van der Waals surface area (Å²) in [6.07, 6.45) is 1.54. The third-order valence-electron chi connectivity index (χ3n) is 4.76. The third kappa shape index (κ3) is 5.35.